The third-order valence-electron chi connectivity index (χ3n) is 6.09. The normalized spacial score (nSPS) is 16.1. The molecule has 1 aliphatic rings. The fourth-order valence-electron chi connectivity index (χ4n) is 4.09. The van der Waals surface area contributed by atoms with Crippen molar-refractivity contribution in [2.24, 2.45) is 5.92 Å². The molecule has 0 saturated carbocycles. The van der Waals surface area contributed by atoms with Crippen LogP contribution in [0.5, 0.6) is 0 Å². The Morgan fingerprint density at radius 2 is 1.84 bits per heavy atom. The van der Waals surface area contributed by atoms with Crippen LogP contribution >= 0.6 is 0 Å². The van der Waals surface area contributed by atoms with Crippen LogP contribution in [0.15, 0.2) is 53.1 Å². The summed E-state index contributed by atoms with van der Waals surface area (Å²) < 4.78 is 18.5. The van der Waals surface area contributed by atoms with Gasteiger partial charge < -0.3 is 9.84 Å². The number of aryl methyl sites for hydroxylation is 1. The van der Waals surface area contributed by atoms with Crippen LogP contribution in [0.3, 0.4) is 0 Å². The predicted molar refractivity (Wildman–Crippen MR) is 120 cm³/mol. The van der Waals surface area contributed by atoms with Crippen LogP contribution in [0, 0.1) is 18.7 Å². The number of aromatic nitrogens is 2. The van der Waals surface area contributed by atoms with Gasteiger partial charge >= 0.3 is 0 Å². The first kappa shape index (κ1) is 22.1. The van der Waals surface area contributed by atoms with Crippen LogP contribution in [-0.2, 0) is 11.3 Å². The summed E-state index contributed by atoms with van der Waals surface area (Å²) in [6.45, 7) is 6.30. The van der Waals surface area contributed by atoms with Crippen molar-refractivity contribution in [3.8, 4) is 11.4 Å². The molecule has 7 heteroatoms. The second-order valence-electron chi connectivity index (χ2n) is 8.45. The number of hydrogen-bond donors (Lipinski definition) is 1. The fraction of sp³-hybridized carbons (Fsp3) is 0.400. The number of amides is 1. The minimum atomic E-state index is -0.298. The summed E-state index contributed by atoms with van der Waals surface area (Å²) in [6, 6.07) is 14.4. The lowest BCUT2D eigenvalue weighted by Gasteiger charge is -2.31. The summed E-state index contributed by atoms with van der Waals surface area (Å²) in [4.78, 5) is 19.5. The average molecular weight is 437 g/mol. The molecule has 0 aliphatic carbocycles. The number of likely N-dealkylation sites (tertiary alicyclic amines) is 1. The third-order valence-corrected chi connectivity index (χ3v) is 6.09. The van der Waals surface area contributed by atoms with E-state index >= 15 is 0 Å². The van der Waals surface area contributed by atoms with Crippen molar-refractivity contribution in [3.05, 3.63) is 71.4 Å². The van der Waals surface area contributed by atoms with Gasteiger partial charge in [0.2, 0.25) is 17.6 Å². The number of benzene rings is 2. The van der Waals surface area contributed by atoms with E-state index in [0.29, 0.717) is 18.3 Å². The highest BCUT2D eigenvalue weighted by Gasteiger charge is 2.27. The summed E-state index contributed by atoms with van der Waals surface area (Å²) >= 11 is 0. The molecule has 4 rings (SSSR count). The summed E-state index contributed by atoms with van der Waals surface area (Å²) in [7, 11) is 0. The molecule has 1 unspecified atom stereocenters. The maximum Gasteiger partial charge on any atom is 0.241 e. The number of carbonyl (C=O) groups is 1. The van der Waals surface area contributed by atoms with Gasteiger partial charge in [-0.15, -0.1) is 0 Å². The van der Waals surface area contributed by atoms with Gasteiger partial charge in [-0.2, -0.15) is 4.98 Å². The fourth-order valence-corrected chi connectivity index (χ4v) is 4.09. The SMILES string of the molecule is CCC(NC(=O)C1CCN(Cc2nc(-c3ccc(F)cc3)no2)CC1)c1ccc(C)cc1. The van der Waals surface area contributed by atoms with Crippen molar-refractivity contribution < 1.29 is 13.7 Å². The zero-order chi connectivity index (χ0) is 22.5. The first-order valence-corrected chi connectivity index (χ1v) is 11.2. The van der Waals surface area contributed by atoms with E-state index in [0.717, 1.165) is 43.5 Å². The number of nitrogens with one attached hydrogen (secondary N) is 1. The van der Waals surface area contributed by atoms with Crippen molar-refractivity contribution in [1.82, 2.24) is 20.4 Å². The van der Waals surface area contributed by atoms with E-state index in [2.05, 4.69) is 58.5 Å². The van der Waals surface area contributed by atoms with E-state index in [9.17, 15) is 9.18 Å². The largest absolute Gasteiger partial charge is 0.349 e. The Labute approximate surface area is 187 Å². The molecule has 6 nitrogen and oxygen atoms in total. The molecular formula is C25H29FN4O2. The highest BCUT2D eigenvalue weighted by atomic mass is 19.1. The van der Waals surface area contributed by atoms with Gasteiger partial charge in [-0.3, -0.25) is 9.69 Å². The number of hydrogen-bond acceptors (Lipinski definition) is 5. The minimum absolute atomic E-state index is 0.0169. The van der Waals surface area contributed by atoms with Crippen molar-refractivity contribution in [2.75, 3.05) is 13.1 Å². The summed E-state index contributed by atoms with van der Waals surface area (Å²) in [6.07, 6.45) is 2.46. The molecule has 0 spiro atoms. The summed E-state index contributed by atoms with van der Waals surface area (Å²) in [5.74, 6) is 0.832. The van der Waals surface area contributed by atoms with Gasteiger partial charge in [0.05, 0.1) is 12.6 Å². The van der Waals surface area contributed by atoms with Gasteiger partial charge in [-0.05, 0) is 69.1 Å². The van der Waals surface area contributed by atoms with E-state index in [1.54, 1.807) is 12.1 Å². The molecule has 2 heterocycles. The van der Waals surface area contributed by atoms with Crippen LogP contribution in [0.2, 0.25) is 0 Å². The Morgan fingerprint density at radius 1 is 1.16 bits per heavy atom. The maximum absolute atomic E-state index is 13.1. The highest BCUT2D eigenvalue weighted by molar-refractivity contribution is 5.79. The van der Waals surface area contributed by atoms with Crippen LogP contribution in [0.25, 0.3) is 11.4 Å². The van der Waals surface area contributed by atoms with Crippen LogP contribution in [0.4, 0.5) is 4.39 Å². The van der Waals surface area contributed by atoms with Gasteiger partial charge in [-0.1, -0.05) is 41.9 Å². The van der Waals surface area contributed by atoms with Gasteiger partial charge in [-0.25, -0.2) is 4.39 Å². The van der Waals surface area contributed by atoms with Gasteiger partial charge in [0.15, 0.2) is 0 Å². The quantitative estimate of drug-likeness (QED) is 0.583. The first-order valence-electron chi connectivity index (χ1n) is 11.2. The topological polar surface area (TPSA) is 71.3 Å². The lowest BCUT2D eigenvalue weighted by atomic mass is 9.94. The lowest BCUT2D eigenvalue weighted by Crippen LogP contribution is -2.41. The molecule has 1 atom stereocenters. The Bertz CT molecular complexity index is 1020. The number of rotatable bonds is 7. The van der Waals surface area contributed by atoms with Gasteiger partial charge in [0.1, 0.15) is 5.82 Å². The lowest BCUT2D eigenvalue weighted by molar-refractivity contribution is -0.127. The van der Waals surface area contributed by atoms with Crippen molar-refractivity contribution in [2.45, 2.75) is 45.7 Å². The van der Waals surface area contributed by atoms with Gasteiger partial charge in [0, 0.05) is 11.5 Å². The third kappa shape index (κ3) is 5.40. The Kier molecular flexibility index (Phi) is 6.95. The Balaban J connectivity index is 1.28. The smallest absolute Gasteiger partial charge is 0.241 e. The predicted octanol–water partition coefficient (Wildman–Crippen LogP) is 4.66. The zero-order valence-electron chi connectivity index (χ0n) is 18.6. The van der Waals surface area contributed by atoms with Crippen LogP contribution in [0.1, 0.15) is 49.2 Å². The second-order valence-corrected chi connectivity index (χ2v) is 8.45. The molecule has 1 aromatic heterocycles. The average Bonchev–Trinajstić information content (AvgIpc) is 3.27. The summed E-state index contributed by atoms with van der Waals surface area (Å²) in [5.41, 5.74) is 3.08. The number of nitrogens with zero attached hydrogens (tertiary/aromatic N) is 3. The van der Waals surface area contributed by atoms with Crippen molar-refractivity contribution >= 4 is 5.91 Å². The zero-order valence-corrected chi connectivity index (χ0v) is 18.6. The second kappa shape index (κ2) is 10.0. The molecule has 2 aromatic carbocycles. The number of halogens is 1. The van der Waals surface area contributed by atoms with E-state index in [1.165, 1.54) is 17.7 Å². The molecule has 168 valence electrons. The molecule has 1 saturated heterocycles. The molecule has 1 N–H and O–H groups in total. The maximum atomic E-state index is 13.1. The molecule has 0 radical (unpaired) electrons. The van der Waals surface area contributed by atoms with Gasteiger partial charge in [0.25, 0.3) is 0 Å². The van der Waals surface area contributed by atoms with Crippen molar-refractivity contribution in [3.63, 3.8) is 0 Å². The Hall–Kier alpha value is -3.06. The molecule has 3 aromatic rings. The monoisotopic (exact) mass is 436 g/mol. The number of carbonyl (C=O) groups excluding carboxylic acids is 1. The van der Waals surface area contributed by atoms with Crippen LogP contribution < -0.4 is 5.32 Å². The Morgan fingerprint density at radius 3 is 2.50 bits per heavy atom. The molecule has 32 heavy (non-hydrogen) atoms. The standard InChI is InChI=1S/C25H29FN4O2/c1-3-22(18-6-4-17(2)5-7-18)27-25(31)20-12-14-30(15-13-20)16-23-28-24(29-32-23)19-8-10-21(26)11-9-19/h4-11,20,22H,3,12-16H2,1-2H3,(H,27,31). The molecule has 1 fully saturated rings. The van der Waals surface area contributed by atoms with E-state index in [1.807, 2.05) is 0 Å². The molecule has 1 amide bonds. The van der Waals surface area contributed by atoms with E-state index in [4.69, 9.17) is 4.52 Å². The van der Waals surface area contributed by atoms with E-state index < -0.39 is 0 Å². The number of piperidine rings is 1. The summed E-state index contributed by atoms with van der Waals surface area (Å²) in [5, 5.41) is 7.24. The van der Waals surface area contributed by atoms with Crippen molar-refractivity contribution in [1.29, 1.82) is 0 Å². The highest BCUT2D eigenvalue weighted by Crippen LogP contribution is 2.23. The minimum Gasteiger partial charge on any atom is -0.349 e. The van der Waals surface area contributed by atoms with Crippen LogP contribution in [-0.4, -0.2) is 34.0 Å². The van der Waals surface area contributed by atoms with E-state index in [-0.39, 0.29) is 23.7 Å². The molecular weight excluding hydrogens is 407 g/mol. The molecule has 0 bridgehead atoms. The first-order chi connectivity index (χ1) is 15.5. The molecule has 1 aliphatic heterocycles.